The molecule has 0 aromatic rings. The first-order chi connectivity index (χ1) is 6.71. The molecule has 1 fully saturated rings. The molecule has 1 heterocycles. The van der Waals surface area contributed by atoms with E-state index in [4.69, 9.17) is 0 Å². The van der Waals surface area contributed by atoms with E-state index in [9.17, 15) is 9.59 Å². The molecular weight excluding hydrogens is 182 g/mol. The molecule has 0 N–H and O–H groups in total. The average Bonchev–Trinajstić information content (AvgIpc) is 2.65. The lowest BCUT2D eigenvalue weighted by Crippen LogP contribution is -2.35. The summed E-state index contributed by atoms with van der Waals surface area (Å²) in [6, 6.07) is -0.336. The minimum absolute atomic E-state index is 0.311. The Hall–Kier alpha value is -1.06. The van der Waals surface area contributed by atoms with Gasteiger partial charge in [-0.3, -0.25) is 4.79 Å². The van der Waals surface area contributed by atoms with Crippen molar-refractivity contribution in [3.05, 3.63) is 0 Å². The Kier molecular flexibility index (Phi) is 6.80. The van der Waals surface area contributed by atoms with Gasteiger partial charge < -0.3 is 9.64 Å². The fraction of sp³-hybridized carbons (Fsp3) is 0.800. The van der Waals surface area contributed by atoms with E-state index in [1.807, 2.05) is 0 Å². The first-order valence-electron chi connectivity index (χ1n) is 5.00. The molecule has 82 valence electrons. The summed E-state index contributed by atoms with van der Waals surface area (Å²) < 4.78 is 4.53. The number of ether oxygens (including phenoxy) is 1. The highest BCUT2D eigenvalue weighted by Crippen LogP contribution is 2.15. The maximum Gasteiger partial charge on any atom is 0.328 e. The van der Waals surface area contributed by atoms with Crippen LogP contribution in [0.5, 0.6) is 0 Å². The van der Waals surface area contributed by atoms with Crippen LogP contribution in [-0.2, 0) is 14.3 Å². The zero-order valence-corrected chi connectivity index (χ0v) is 9.16. The number of hydrogen-bond acceptors (Lipinski definition) is 3. The fourth-order valence-electron chi connectivity index (χ4n) is 1.30. The summed E-state index contributed by atoms with van der Waals surface area (Å²) in [6.07, 6.45) is 3.57. The molecule has 0 bridgehead atoms. The SMILES string of the molecule is CCC.COC(=O)C1CCCN1C=O. The van der Waals surface area contributed by atoms with E-state index in [-0.39, 0.29) is 12.0 Å². The van der Waals surface area contributed by atoms with Crippen LogP contribution in [-0.4, -0.2) is 37.0 Å². The van der Waals surface area contributed by atoms with Crippen LogP contribution in [0.1, 0.15) is 33.1 Å². The van der Waals surface area contributed by atoms with Crippen LogP contribution in [0, 0.1) is 0 Å². The van der Waals surface area contributed by atoms with Gasteiger partial charge in [0.2, 0.25) is 6.41 Å². The standard InChI is InChI=1S/C7H11NO3.C3H8/c1-11-7(10)6-3-2-4-8(6)5-9;1-3-2/h5-6H,2-4H2,1H3;3H2,1-2H3. The second-order valence-electron chi connectivity index (χ2n) is 3.23. The Labute approximate surface area is 85.2 Å². The summed E-state index contributed by atoms with van der Waals surface area (Å²) in [5.41, 5.74) is 0. The van der Waals surface area contributed by atoms with Crippen molar-refractivity contribution in [1.82, 2.24) is 4.90 Å². The Morgan fingerprint density at radius 1 is 1.57 bits per heavy atom. The molecule has 1 aliphatic rings. The maximum absolute atomic E-state index is 11.0. The normalized spacial score (nSPS) is 19.6. The highest BCUT2D eigenvalue weighted by Gasteiger charge is 2.29. The Bertz CT molecular complexity index is 182. The summed E-state index contributed by atoms with van der Waals surface area (Å²) in [5.74, 6) is -0.311. The molecule has 1 aliphatic heterocycles. The molecule has 0 spiro atoms. The number of rotatable bonds is 2. The van der Waals surface area contributed by atoms with Gasteiger partial charge in [0.1, 0.15) is 6.04 Å². The summed E-state index contributed by atoms with van der Waals surface area (Å²) >= 11 is 0. The van der Waals surface area contributed by atoms with Gasteiger partial charge in [-0.15, -0.1) is 0 Å². The van der Waals surface area contributed by atoms with Crippen molar-refractivity contribution in [2.45, 2.75) is 39.2 Å². The van der Waals surface area contributed by atoms with E-state index in [0.29, 0.717) is 13.0 Å². The van der Waals surface area contributed by atoms with Crippen molar-refractivity contribution in [2.24, 2.45) is 0 Å². The predicted octanol–water partition coefficient (Wildman–Crippen LogP) is 1.20. The molecular formula is C10H19NO3. The van der Waals surface area contributed by atoms with E-state index in [2.05, 4.69) is 18.6 Å². The van der Waals surface area contributed by atoms with Crippen LogP contribution < -0.4 is 0 Å². The number of methoxy groups -OCH3 is 1. The molecule has 14 heavy (non-hydrogen) atoms. The summed E-state index contributed by atoms with van der Waals surface area (Å²) in [4.78, 5) is 22.8. The van der Waals surface area contributed by atoms with E-state index >= 15 is 0 Å². The van der Waals surface area contributed by atoms with Gasteiger partial charge >= 0.3 is 5.97 Å². The second kappa shape index (κ2) is 7.35. The molecule has 4 heteroatoms. The lowest BCUT2D eigenvalue weighted by Gasteiger charge is -2.16. The van der Waals surface area contributed by atoms with E-state index < -0.39 is 0 Å². The molecule has 1 unspecified atom stereocenters. The first kappa shape index (κ1) is 12.9. The zero-order chi connectivity index (χ0) is 11.0. The molecule has 0 radical (unpaired) electrons. The number of carbonyl (C=O) groups excluding carboxylic acids is 2. The third-order valence-corrected chi connectivity index (χ3v) is 1.90. The zero-order valence-electron chi connectivity index (χ0n) is 9.16. The predicted molar refractivity (Wildman–Crippen MR) is 53.8 cm³/mol. The Morgan fingerprint density at radius 2 is 2.14 bits per heavy atom. The van der Waals surface area contributed by atoms with E-state index in [0.717, 1.165) is 12.8 Å². The van der Waals surface area contributed by atoms with Crippen LogP contribution in [0.3, 0.4) is 0 Å². The third-order valence-electron chi connectivity index (χ3n) is 1.90. The van der Waals surface area contributed by atoms with Gasteiger partial charge in [-0.05, 0) is 12.8 Å². The van der Waals surface area contributed by atoms with Gasteiger partial charge in [-0.2, -0.15) is 0 Å². The monoisotopic (exact) mass is 201 g/mol. The maximum atomic E-state index is 11.0. The van der Waals surface area contributed by atoms with Gasteiger partial charge in [0.15, 0.2) is 0 Å². The second-order valence-corrected chi connectivity index (χ2v) is 3.23. The number of amides is 1. The number of nitrogens with zero attached hydrogens (tertiary/aromatic N) is 1. The number of esters is 1. The molecule has 1 rings (SSSR count). The number of hydrogen-bond donors (Lipinski definition) is 0. The Morgan fingerprint density at radius 3 is 2.57 bits per heavy atom. The molecule has 1 amide bonds. The number of carbonyl (C=O) groups is 2. The van der Waals surface area contributed by atoms with Gasteiger partial charge in [0.05, 0.1) is 7.11 Å². The van der Waals surface area contributed by atoms with Crippen molar-refractivity contribution in [2.75, 3.05) is 13.7 Å². The van der Waals surface area contributed by atoms with Gasteiger partial charge in [0.25, 0.3) is 0 Å². The van der Waals surface area contributed by atoms with Crippen LogP contribution in [0.15, 0.2) is 0 Å². The van der Waals surface area contributed by atoms with Crippen molar-refractivity contribution in [1.29, 1.82) is 0 Å². The average molecular weight is 201 g/mol. The lowest BCUT2D eigenvalue weighted by atomic mass is 10.2. The van der Waals surface area contributed by atoms with E-state index in [1.54, 1.807) is 0 Å². The van der Waals surface area contributed by atoms with Gasteiger partial charge in [0, 0.05) is 6.54 Å². The highest BCUT2D eigenvalue weighted by atomic mass is 16.5. The molecule has 0 aromatic heterocycles. The Balaban J connectivity index is 0.000000500. The molecule has 1 saturated heterocycles. The molecule has 1 atom stereocenters. The van der Waals surface area contributed by atoms with Crippen LogP contribution in [0.25, 0.3) is 0 Å². The van der Waals surface area contributed by atoms with Crippen molar-refractivity contribution < 1.29 is 14.3 Å². The topological polar surface area (TPSA) is 46.6 Å². The lowest BCUT2D eigenvalue weighted by molar-refractivity contribution is -0.148. The van der Waals surface area contributed by atoms with Crippen LogP contribution in [0.4, 0.5) is 0 Å². The number of likely N-dealkylation sites (tertiary alicyclic amines) is 1. The van der Waals surface area contributed by atoms with Crippen molar-refractivity contribution in [3.63, 3.8) is 0 Å². The van der Waals surface area contributed by atoms with Crippen molar-refractivity contribution >= 4 is 12.4 Å². The van der Waals surface area contributed by atoms with Crippen LogP contribution >= 0.6 is 0 Å². The highest BCUT2D eigenvalue weighted by molar-refractivity contribution is 5.78. The smallest absolute Gasteiger partial charge is 0.328 e. The molecule has 4 nitrogen and oxygen atoms in total. The fourth-order valence-corrected chi connectivity index (χ4v) is 1.30. The summed E-state index contributed by atoms with van der Waals surface area (Å²) in [6.45, 7) is 4.92. The summed E-state index contributed by atoms with van der Waals surface area (Å²) in [5, 5.41) is 0. The quantitative estimate of drug-likeness (QED) is 0.498. The molecule has 0 aromatic carbocycles. The molecule has 0 saturated carbocycles. The van der Waals surface area contributed by atoms with Gasteiger partial charge in [-0.25, -0.2) is 4.79 Å². The molecule has 0 aliphatic carbocycles. The van der Waals surface area contributed by atoms with Crippen molar-refractivity contribution in [3.8, 4) is 0 Å². The van der Waals surface area contributed by atoms with Crippen LogP contribution in [0.2, 0.25) is 0 Å². The van der Waals surface area contributed by atoms with E-state index in [1.165, 1.54) is 18.4 Å². The first-order valence-corrected chi connectivity index (χ1v) is 5.00. The third kappa shape index (κ3) is 3.77. The minimum atomic E-state index is -0.336. The summed E-state index contributed by atoms with van der Waals surface area (Å²) in [7, 11) is 1.34. The van der Waals surface area contributed by atoms with Gasteiger partial charge in [-0.1, -0.05) is 20.3 Å². The largest absolute Gasteiger partial charge is 0.467 e. The minimum Gasteiger partial charge on any atom is -0.467 e.